The summed E-state index contributed by atoms with van der Waals surface area (Å²) >= 11 is 5.87. The van der Waals surface area contributed by atoms with Crippen molar-refractivity contribution in [3.05, 3.63) is 41.4 Å². The van der Waals surface area contributed by atoms with Gasteiger partial charge < -0.3 is 9.73 Å². The van der Waals surface area contributed by atoms with Crippen LogP contribution in [0.25, 0.3) is 11.3 Å². The van der Waals surface area contributed by atoms with Gasteiger partial charge in [-0.15, -0.1) is 0 Å². The molecule has 2 aromatic rings. The van der Waals surface area contributed by atoms with E-state index in [4.69, 9.17) is 16.0 Å². The van der Waals surface area contributed by atoms with Crippen LogP contribution in [0.15, 0.2) is 34.9 Å². The number of nitrogens with zero attached hydrogens (tertiary/aromatic N) is 2. The Morgan fingerprint density at radius 2 is 1.92 bits per heavy atom. The maximum Gasteiger partial charge on any atom is 0.325 e. The van der Waals surface area contributed by atoms with E-state index in [1.54, 1.807) is 18.3 Å². The average Bonchev–Trinajstić information content (AvgIpc) is 3.27. The molecule has 0 unspecified atom stereocenters. The van der Waals surface area contributed by atoms with Gasteiger partial charge in [0.15, 0.2) is 5.76 Å². The second-order valence-corrected chi connectivity index (χ2v) is 6.67. The van der Waals surface area contributed by atoms with Gasteiger partial charge in [-0.1, -0.05) is 24.4 Å². The molecule has 24 heavy (non-hydrogen) atoms. The Morgan fingerprint density at radius 1 is 1.21 bits per heavy atom. The van der Waals surface area contributed by atoms with Crippen LogP contribution in [-0.2, 0) is 11.3 Å². The van der Waals surface area contributed by atoms with Crippen LogP contribution >= 0.6 is 11.6 Å². The van der Waals surface area contributed by atoms with Gasteiger partial charge in [0.05, 0.1) is 6.20 Å². The first kappa shape index (κ1) is 15.2. The normalized spacial score (nSPS) is 19.3. The fourth-order valence-electron chi connectivity index (χ4n) is 3.40. The van der Waals surface area contributed by atoms with E-state index >= 15 is 0 Å². The molecule has 2 fully saturated rings. The summed E-state index contributed by atoms with van der Waals surface area (Å²) in [6.45, 7) is 0.0417. The second-order valence-electron chi connectivity index (χ2n) is 6.24. The summed E-state index contributed by atoms with van der Waals surface area (Å²) in [5, 5.41) is 3.49. The Hall–Kier alpha value is -2.34. The fraction of sp³-hybridized carbons (Fsp3) is 0.353. The van der Waals surface area contributed by atoms with E-state index in [2.05, 4.69) is 10.3 Å². The maximum absolute atomic E-state index is 12.6. The minimum absolute atomic E-state index is 0.0417. The minimum atomic E-state index is -0.706. The van der Waals surface area contributed by atoms with Gasteiger partial charge in [0, 0.05) is 10.6 Å². The second kappa shape index (κ2) is 5.63. The van der Waals surface area contributed by atoms with Crippen molar-refractivity contribution in [3.8, 4) is 11.3 Å². The summed E-state index contributed by atoms with van der Waals surface area (Å²) in [5.41, 5.74) is 0.130. The van der Waals surface area contributed by atoms with Crippen molar-refractivity contribution in [3.63, 3.8) is 0 Å². The van der Waals surface area contributed by atoms with Crippen LogP contribution in [0.1, 0.15) is 31.6 Å². The molecule has 1 aromatic heterocycles. The predicted molar refractivity (Wildman–Crippen MR) is 87.2 cm³/mol. The average molecular weight is 346 g/mol. The van der Waals surface area contributed by atoms with Gasteiger partial charge in [-0.3, -0.25) is 9.69 Å². The molecule has 1 saturated carbocycles. The molecule has 4 rings (SSSR count). The van der Waals surface area contributed by atoms with Crippen LogP contribution in [0.4, 0.5) is 4.79 Å². The summed E-state index contributed by atoms with van der Waals surface area (Å²) in [6, 6.07) is 6.82. The first-order valence-electron chi connectivity index (χ1n) is 7.92. The van der Waals surface area contributed by atoms with E-state index in [0.717, 1.165) is 18.4 Å². The summed E-state index contributed by atoms with van der Waals surface area (Å²) < 4.78 is 5.69. The number of hydrogen-bond acceptors (Lipinski definition) is 4. The lowest BCUT2D eigenvalue weighted by atomic mass is 9.98. The number of benzene rings is 1. The molecule has 3 amide bonds. The van der Waals surface area contributed by atoms with E-state index < -0.39 is 5.54 Å². The van der Waals surface area contributed by atoms with Crippen LogP contribution in [-0.4, -0.2) is 27.4 Å². The van der Waals surface area contributed by atoms with Gasteiger partial charge in [0.2, 0.25) is 5.89 Å². The summed E-state index contributed by atoms with van der Waals surface area (Å²) in [6.07, 6.45) is 4.91. The SMILES string of the molecule is O=C1NC2(CCCC2)C(=O)N1Cc1ncc(-c2ccc(Cl)cc2)o1. The standard InChI is InChI=1S/C17H16ClN3O3/c18-12-5-3-11(4-6-12)13-9-19-14(24-13)10-21-15(22)17(20-16(21)23)7-1-2-8-17/h3-6,9H,1-2,7-8,10H2,(H,20,23). The van der Waals surface area contributed by atoms with E-state index in [9.17, 15) is 9.59 Å². The molecule has 1 aliphatic carbocycles. The summed E-state index contributed by atoms with van der Waals surface area (Å²) in [4.78, 5) is 30.2. The molecule has 2 aliphatic rings. The molecule has 1 aromatic carbocycles. The van der Waals surface area contributed by atoms with Crippen molar-refractivity contribution in [1.82, 2.24) is 15.2 Å². The molecule has 1 saturated heterocycles. The molecule has 1 N–H and O–H groups in total. The van der Waals surface area contributed by atoms with E-state index in [1.807, 2.05) is 12.1 Å². The number of imide groups is 1. The first-order valence-corrected chi connectivity index (χ1v) is 8.30. The lowest BCUT2D eigenvalue weighted by molar-refractivity contribution is -0.131. The van der Waals surface area contributed by atoms with Crippen molar-refractivity contribution in [1.29, 1.82) is 0 Å². The zero-order valence-electron chi connectivity index (χ0n) is 12.9. The Bertz CT molecular complexity index is 794. The number of oxazole rings is 1. The largest absolute Gasteiger partial charge is 0.439 e. The molecular formula is C17H16ClN3O3. The van der Waals surface area contributed by atoms with Crippen molar-refractivity contribution in [2.45, 2.75) is 37.8 Å². The topological polar surface area (TPSA) is 75.4 Å². The smallest absolute Gasteiger partial charge is 0.325 e. The quantitative estimate of drug-likeness (QED) is 0.865. The van der Waals surface area contributed by atoms with Gasteiger partial charge in [0.25, 0.3) is 5.91 Å². The molecule has 0 atom stereocenters. The number of halogens is 1. The van der Waals surface area contributed by atoms with Gasteiger partial charge in [0.1, 0.15) is 12.1 Å². The van der Waals surface area contributed by atoms with E-state index in [1.165, 1.54) is 4.90 Å². The number of nitrogens with one attached hydrogen (secondary N) is 1. The molecule has 1 aliphatic heterocycles. The molecule has 124 valence electrons. The Balaban J connectivity index is 1.53. The van der Waals surface area contributed by atoms with Gasteiger partial charge in [-0.05, 0) is 37.1 Å². The lowest BCUT2D eigenvalue weighted by Crippen LogP contribution is -2.44. The third-order valence-corrected chi connectivity index (χ3v) is 4.93. The number of rotatable bonds is 3. The van der Waals surface area contributed by atoms with Crippen LogP contribution < -0.4 is 5.32 Å². The summed E-state index contributed by atoms with van der Waals surface area (Å²) in [7, 11) is 0. The third-order valence-electron chi connectivity index (χ3n) is 4.68. The van der Waals surface area contributed by atoms with Gasteiger partial charge >= 0.3 is 6.03 Å². The number of carbonyl (C=O) groups excluding carboxylic acids is 2. The molecule has 2 heterocycles. The van der Waals surface area contributed by atoms with Crippen molar-refractivity contribution in [2.24, 2.45) is 0 Å². The fourth-order valence-corrected chi connectivity index (χ4v) is 3.53. The van der Waals surface area contributed by atoms with E-state index in [0.29, 0.717) is 29.5 Å². The predicted octanol–water partition coefficient (Wildman–Crippen LogP) is 3.36. The number of amides is 3. The molecule has 6 nitrogen and oxygen atoms in total. The highest BCUT2D eigenvalue weighted by molar-refractivity contribution is 6.30. The van der Waals surface area contributed by atoms with Crippen LogP contribution in [0.2, 0.25) is 5.02 Å². The van der Waals surface area contributed by atoms with Crippen LogP contribution in [0.3, 0.4) is 0 Å². The number of carbonyl (C=O) groups is 2. The molecule has 0 radical (unpaired) electrons. The highest BCUT2D eigenvalue weighted by Gasteiger charge is 2.52. The number of hydrogen-bond donors (Lipinski definition) is 1. The maximum atomic E-state index is 12.6. The summed E-state index contributed by atoms with van der Waals surface area (Å²) in [5.74, 6) is 0.735. The molecule has 1 spiro atoms. The highest BCUT2D eigenvalue weighted by atomic mass is 35.5. The van der Waals surface area contributed by atoms with Gasteiger partial charge in [-0.25, -0.2) is 9.78 Å². The monoisotopic (exact) mass is 345 g/mol. The number of urea groups is 1. The van der Waals surface area contributed by atoms with Gasteiger partial charge in [-0.2, -0.15) is 0 Å². The Morgan fingerprint density at radius 3 is 2.62 bits per heavy atom. The Kier molecular flexibility index (Phi) is 3.57. The molecular weight excluding hydrogens is 330 g/mol. The third kappa shape index (κ3) is 2.47. The zero-order valence-corrected chi connectivity index (χ0v) is 13.7. The van der Waals surface area contributed by atoms with Crippen molar-refractivity contribution < 1.29 is 14.0 Å². The first-order chi connectivity index (χ1) is 11.6. The van der Waals surface area contributed by atoms with Crippen LogP contribution in [0.5, 0.6) is 0 Å². The lowest BCUT2D eigenvalue weighted by Gasteiger charge is -2.19. The van der Waals surface area contributed by atoms with E-state index in [-0.39, 0.29) is 18.5 Å². The molecule has 0 bridgehead atoms. The number of aromatic nitrogens is 1. The van der Waals surface area contributed by atoms with Crippen molar-refractivity contribution >= 4 is 23.5 Å². The highest BCUT2D eigenvalue weighted by Crippen LogP contribution is 2.35. The van der Waals surface area contributed by atoms with Crippen molar-refractivity contribution in [2.75, 3.05) is 0 Å². The zero-order chi connectivity index (χ0) is 16.7. The molecule has 7 heteroatoms. The Labute approximate surface area is 143 Å². The van der Waals surface area contributed by atoms with Crippen LogP contribution in [0, 0.1) is 0 Å². The minimum Gasteiger partial charge on any atom is -0.439 e.